The van der Waals surface area contributed by atoms with Crippen molar-refractivity contribution in [1.29, 1.82) is 0 Å². The van der Waals surface area contributed by atoms with E-state index in [0.717, 1.165) is 17.3 Å². The van der Waals surface area contributed by atoms with Crippen LogP contribution in [-0.4, -0.2) is 17.8 Å². The van der Waals surface area contributed by atoms with Gasteiger partial charge >= 0.3 is 0 Å². The van der Waals surface area contributed by atoms with Crippen molar-refractivity contribution >= 4 is 15.9 Å². The molecule has 2 aromatic rings. The molecule has 0 fully saturated rings. The third-order valence-corrected chi connectivity index (χ3v) is 4.19. The Bertz CT molecular complexity index is 527. The first-order chi connectivity index (χ1) is 10.2. The molecule has 0 spiro atoms. The van der Waals surface area contributed by atoms with Gasteiger partial charge < -0.3 is 10.4 Å². The zero-order valence-electron chi connectivity index (χ0n) is 12.3. The predicted octanol–water partition coefficient (Wildman–Crippen LogP) is 4.09. The first kappa shape index (κ1) is 16.2. The van der Waals surface area contributed by atoms with Crippen molar-refractivity contribution in [2.24, 2.45) is 0 Å². The second-order valence-electron chi connectivity index (χ2n) is 5.25. The molecule has 2 rings (SSSR count). The highest BCUT2D eigenvalue weighted by molar-refractivity contribution is 9.10. The Balaban J connectivity index is 2.03. The zero-order chi connectivity index (χ0) is 15.1. The van der Waals surface area contributed by atoms with Gasteiger partial charge in [-0.2, -0.15) is 0 Å². The predicted molar refractivity (Wildman–Crippen MR) is 91.3 cm³/mol. The molecule has 0 bridgehead atoms. The third-order valence-electron chi connectivity index (χ3n) is 3.66. The van der Waals surface area contributed by atoms with Crippen LogP contribution in [0.5, 0.6) is 0 Å². The summed E-state index contributed by atoms with van der Waals surface area (Å²) in [4.78, 5) is 0. The van der Waals surface area contributed by atoms with Gasteiger partial charge in [0.2, 0.25) is 0 Å². The maximum absolute atomic E-state index is 9.65. The number of hydrogen-bond acceptors (Lipinski definition) is 2. The van der Waals surface area contributed by atoms with E-state index in [-0.39, 0.29) is 18.7 Å². The summed E-state index contributed by atoms with van der Waals surface area (Å²) in [6, 6.07) is 19.0. The molecule has 0 radical (unpaired) electrons. The van der Waals surface area contributed by atoms with Crippen LogP contribution in [0.2, 0.25) is 0 Å². The van der Waals surface area contributed by atoms with Gasteiger partial charge in [-0.25, -0.2) is 0 Å². The highest BCUT2D eigenvalue weighted by Crippen LogP contribution is 2.20. The van der Waals surface area contributed by atoms with Crippen LogP contribution in [0.25, 0.3) is 0 Å². The van der Waals surface area contributed by atoms with Gasteiger partial charge in [-0.15, -0.1) is 0 Å². The van der Waals surface area contributed by atoms with Crippen molar-refractivity contribution in [2.75, 3.05) is 6.61 Å². The topological polar surface area (TPSA) is 32.3 Å². The summed E-state index contributed by atoms with van der Waals surface area (Å²) in [5.74, 6) is 0. The minimum atomic E-state index is 0.0704. The molecule has 3 heteroatoms. The molecule has 0 aliphatic heterocycles. The van der Waals surface area contributed by atoms with E-state index in [2.05, 4.69) is 64.6 Å². The Morgan fingerprint density at radius 1 is 1.05 bits per heavy atom. The number of nitrogens with one attached hydrogen (secondary N) is 1. The van der Waals surface area contributed by atoms with E-state index in [1.165, 1.54) is 11.1 Å². The molecule has 0 saturated heterocycles. The number of aliphatic hydroxyl groups is 1. The summed E-state index contributed by atoms with van der Waals surface area (Å²) < 4.78 is 1.09. The number of hydrogen-bond donors (Lipinski definition) is 2. The lowest BCUT2D eigenvalue weighted by Gasteiger charge is -2.24. The lowest BCUT2D eigenvalue weighted by atomic mass is 10.0. The molecule has 1 unspecified atom stereocenters. The monoisotopic (exact) mass is 347 g/mol. The quantitative estimate of drug-likeness (QED) is 0.790. The van der Waals surface area contributed by atoms with Gasteiger partial charge in [-0.3, -0.25) is 0 Å². The molecule has 2 nitrogen and oxygen atoms in total. The Morgan fingerprint density at radius 2 is 1.71 bits per heavy atom. The van der Waals surface area contributed by atoms with Crippen LogP contribution in [0, 0.1) is 0 Å². The second-order valence-corrected chi connectivity index (χ2v) is 6.16. The van der Waals surface area contributed by atoms with Gasteiger partial charge in [-0.05, 0) is 36.1 Å². The van der Waals surface area contributed by atoms with E-state index >= 15 is 0 Å². The number of aliphatic hydroxyl groups excluding tert-OH is 1. The number of benzene rings is 2. The average Bonchev–Trinajstić information content (AvgIpc) is 2.53. The highest BCUT2D eigenvalue weighted by atomic mass is 79.9. The average molecular weight is 348 g/mol. The Kier molecular flexibility index (Phi) is 6.43. The number of halogens is 1. The van der Waals surface area contributed by atoms with Crippen LogP contribution in [0.1, 0.15) is 30.5 Å². The summed E-state index contributed by atoms with van der Waals surface area (Å²) in [5.41, 5.74) is 2.50. The fourth-order valence-corrected chi connectivity index (χ4v) is 2.77. The maximum Gasteiger partial charge on any atom is 0.0588 e. The molecule has 0 heterocycles. The van der Waals surface area contributed by atoms with Crippen molar-refractivity contribution in [3.63, 3.8) is 0 Å². The Morgan fingerprint density at radius 3 is 2.29 bits per heavy atom. The summed E-state index contributed by atoms with van der Waals surface area (Å²) in [6.45, 7) is 2.30. The molecule has 0 aliphatic rings. The molecule has 0 aromatic heterocycles. The van der Waals surface area contributed by atoms with Crippen molar-refractivity contribution in [2.45, 2.75) is 31.8 Å². The highest BCUT2D eigenvalue weighted by Gasteiger charge is 2.15. The molecule has 2 atom stereocenters. The van der Waals surface area contributed by atoms with E-state index < -0.39 is 0 Å². The van der Waals surface area contributed by atoms with Gasteiger partial charge in [0.1, 0.15) is 0 Å². The molecular weight excluding hydrogens is 326 g/mol. The van der Waals surface area contributed by atoms with Crippen LogP contribution >= 0.6 is 15.9 Å². The smallest absolute Gasteiger partial charge is 0.0588 e. The standard InChI is InChI=1S/C18H22BrNO/c1-2-18(15-8-10-16(19)11-9-15)20-17(13-21)12-14-6-4-3-5-7-14/h3-11,17-18,20-21H,2,12-13H2,1H3/t17-,18?/m1/s1. The Labute approximate surface area is 135 Å². The lowest BCUT2D eigenvalue weighted by molar-refractivity contribution is 0.229. The van der Waals surface area contributed by atoms with Crippen molar-refractivity contribution in [3.8, 4) is 0 Å². The van der Waals surface area contributed by atoms with Crippen molar-refractivity contribution in [3.05, 3.63) is 70.2 Å². The molecule has 2 aromatic carbocycles. The molecule has 2 N–H and O–H groups in total. The van der Waals surface area contributed by atoms with Crippen LogP contribution in [0.4, 0.5) is 0 Å². The second kappa shape index (κ2) is 8.32. The van der Waals surface area contributed by atoms with E-state index in [0.29, 0.717) is 0 Å². The normalized spacial score (nSPS) is 13.9. The van der Waals surface area contributed by atoms with Crippen LogP contribution in [0.15, 0.2) is 59.1 Å². The largest absolute Gasteiger partial charge is 0.395 e. The summed E-state index contributed by atoms with van der Waals surface area (Å²) in [6.07, 6.45) is 1.83. The fourth-order valence-electron chi connectivity index (χ4n) is 2.50. The van der Waals surface area contributed by atoms with Crippen LogP contribution in [-0.2, 0) is 6.42 Å². The molecular formula is C18H22BrNO. The fraction of sp³-hybridized carbons (Fsp3) is 0.333. The SMILES string of the molecule is CCC(N[C@@H](CO)Cc1ccccc1)c1ccc(Br)cc1. The number of rotatable bonds is 7. The summed E-state index contributed by atoms with van der Waals surface area (Å²) >= 11 is 3.46. The molecule has 112 valence electrons. The molecule has 0 amide bonds. The van der Waals surface area contributed by atoms with Crippen LogP contribution < -0.4 is 5.32 Å². The van der Waals surface area contributed by atoms with Crippen LogP contribution in [0.3, 0.4) is 0 Å². The summed E-state index contributed by atoms with van der Waals surface area (Å²) in [5, 5.41) is 13.2. The minimum absolute atomic E-state index is 0.0704. The van der Waals surface area contributed by atoms with Gasteiger partial charge in [-0.1, -0.05) is 65.3 Å². The van der Waals surface area contributed by atoms with E-state index in [1.807, 2.05) is 18.2 Å². The zero-order valence-corrected chi connectivity index (χ0v) is 13.9. The van der Waals surface area contributed by atoms with Crippen molar-refractivity contribution < 1.29 is 5.11 Å². The Hall–Kier alpha value is -1.16. The van der Waals surface area contributed by atoms with Gasteiger partial charge in [0.15, 0.2) is 0 Å². The minimum Gasteiger partial charge on any atom is -0.395 e. The lowest BCUT2D eigenvalue weighted by Crippen LogP contribution is -2.37. The molecule has 0 aliphatic carbocycles. The van der Waals surface area contributed by atoms with Gasteiger partial charge in [0.25, 0.3) is 0 Å². The maximum atomic E-state index is 9.65. The molecule has 0 saturated carbocycles. The summed E-state index contributed by atoms with van der Waals surface area (Å²) in [7, 11) is 0. The molecule has 21 heavy (non-hydrogen) atoms. The van der Waals surface area contributed by atoms with E-state index in [9.17, 15) is 5.11 Å². The van der Waals surface area contributed by atoms with E-state index in [4.69, 9.17) is 0 Å². The first-order valence-corrected chi connectivity index (χ1v) is 8.18. The van der Waals surface area contributed by atoms with Gasteiger partial charge in [0.05, 0.1) is 6.61 Å². The first-order valence-electron chi connectivity index (χ1n) is 7.39. The van der Waals surface area contributed by atoms with Crippen molar-refractivity contribution in [1.82, 2.24) is 5.32 Å². The third kappa shape index (κ3) is 4.95. The van der Waals surface area contributed by atoms with Gasteiger partial charge in [0, 0.05) is 16.6 Å². The van der Waals surface area contributed by atoms with E-state index in [1.54, 1.807) is 0 Å².